The van der Waals surface area contributed by atoms with Crippen molar-refractivity contribution in [1.82, 2.24) is 29.8 Å². The van der Waals surface area contributed by atoms with Gasteiger partial charge in [0.05, 0.1) is 12.7 Å². The van der Waals surface area contributed by atoms with E-state index in [1.54, 1.807) is 0 Å². The molecule has 0 spiro atoms. The number of nitrogens with one attached hydrogen (secondary N) is 1. The summed E-state index contributed by atoms with van der Waals surface area (Å²) in [6, 6.07) is 10.4. The number of hydrogen-bond donors (Lipinski definition) is 1. The molecule has 28 heavy (non-hydrogen) atoms. The average molecular weight is 377 g/mol. The lowest BCUT2D eigenvalue weighted by Crippen LogP contribution is -2.39. The van der Waals surface area contributed by atoms with Gasteiger partial charge in [0.25, 0.3) is 0 Å². The van der Waals surface area contributed by atoms with Gasteiger partial charge in [-0.15, -0.1) is 0 Å². The summed E-state index contributed by atoms with van der Waals surface area (Å²) >= 11 is 0. The Balaban J connectivity index is 1.39. The average Bonchev–Trinajstić information content (AvgIpc) is 3.45. The zero-order chi connectivity index (χ0) is 19.3. The van der Waals surface area contributed by atoms with Crippen LogP contribution in [0.15, 0.2) is 60.1 Å². The minimum atomic E-state index is 0.513. The highest BCUT2D eigenvalue weighted by Gasteiger charge is 2.26. The quantitative estimate of drug-likeness (QED) is 0.547. The minimum absolute atomic E-state index is 0.513. The molecule has 7 nitrogen and oxygen atoms in total. The fourth-order valence-corrected chi connectivity index (χ4v) is 3.83. The van der Waals surface area contributed by atoms with Crippen LogP contribution in [0.25, 0.3) is 0 Å². The van der Waals surface area contributed by atoms with Crippen LogP contribution < -0.4 is 5.32 Å². The SMILES string of the molecule is CN=C(NCc1ccccc1Cn1cccn1)N1CCC(c2cnn(C)c2)C1. The van der Waals surface area contributed by atoms with E-state index in [2.05, 4.69) is 55.9 Å². The summed E-state index contributed by atoms with van der Waals surface area (Å²) in [5.74, 6) is 1.47. The van der Waals surface area contributed by atoms with E-state index in [1.165, 1.54) is 16.7 Å². The number of aryl methyl sites for hydroxylation is 1. The molecule has 0 amide bonds. The van der Waals surface area contributed by atoms with Gasteiger partial charge in [0.15, 0.2) is 5.96 Å². The molecule has 1 N–H and O–H groups in total. The molecule has 1 saturated heterocycles. The molecule has 0 bridgehead atoms. The first-order valence-corrected chi connectivity index (χ1v) is 9.71. The van der Waals surface area contributed by atoms with Gasteiger partial charge in [-0.1, -0.05) is 24.3 Å². The fourth-order valence-electron chi connectivity index (χ4n) is 3.83. The number of nitrogens with zero attached hydrogens (tertiary/aromatic N) is 6. The second-order valence-electron chi connectivity index (χ2n) is 7.25. The van der Waals surface area contributed by atoms with Crippen molar-refractivity contribution in [1.29, 1.82) is 0 Å². The fraction of sp³-hybridized carbons (Fsp3) is 0.381. The molecule has 4 rings (SSSR count). The predicted molar refractivity (Wildman–Crippen MR) is 110 cm³/mol. The number of aromatic nitrogens is 4. The number of aliphatic imine (C=N–C) groups is 1. The Labute approximate surface area is 165 Å². The summed E-state index contributed by atoms with van der Waals surface area (Å²) in [4.78, 5) is 6.86. The van der Waals surface area contributed by atoms with Gasteiger partial charge in [-0.25, -0.2) is 0 Å². The maximum Gasteiger partial charge on any atom is 0.193 e. The first kappa shape index (κ1) is 18.3. The summed E-state index contributed by atoms with van der Waals surface area (Å²) in [5.41, 5.74) is 3.84. The molecule has 1 atom stereocenters. The lowest BCUT2D eigenvalue weighted by molar-refractivity contribution is 0.485. The molecule has 1 aliphatic heterocycles. The molecule has 0 aliphatic carbocycles. The Morgan fingerprint density at radius 1 is 1.21 bits per heavy atom. The van der Waals surface area contributed by atoms with Gasteiger partial charge in [0.1, 0.15) is 0 Å². The van der Waals surface area contributed by atoms with Crippen molar-refractivity contribution in [2.75, 3.05) is 20.1 Å². The van der Waals surface area contributed by atoms with Gasteiger partial charge < -0.3 is 10.2 Å². The van der Waals surface area contributed by atoms with Crippen LogP contribution in [0.4, 0.5) is 0 Å². The van der Waals surface area contributed by atoms with E-state index in [9.17, 15) is 0 Å². The summed E-state index contributed by atoms with van der Waals surface area (Å²) in [6.07, 6.45) is 9.04. The largest absolute Gasteiger partial charge is 0.352 e. The van der Waals surface area contributed by atoms with Gasteiger partial charge in [-0.2, -0.15) is 10.2 Å². The molecule has 0 radical (unpaired) electrons. The topological polar surface area (TPSA) is 63.3 Å². The Bertz CT molecular complexity index is 926. The van der Waals surface area contributed by atoms with Crippen molar-refractivity contribution in [2.24, 2.45) is 12.0 Å². The van der Waals surface area contributed by atoms with Crippen LogP contribution in [0.2, 0.25) is 0 Å². The second-order valence-corrected chi connectivity index (χ2v) is 7.25. The maximum atomic E-state index is 4.52. The molecule has 3 aromatic rings. The summed E-state index contributed by atoms with van der Waals surface area (Å²) in [5, 5.41) is 12.2. The van der Waals surface area contributed by atoms with E-state index in [4.69, 9.17) is 0 Å². The Hall–Kier alpha value is -3.09. The van der Waals surface area contributed by atoms with E-state index in [0.717, 1.165) is 38.6 Å². The van der Waals surface area contributed by atoms with Gasteiger partial charge in [-0.3, -0.25) is 14.4 Å². The zero-order valence-electron chi connectivity index (χ0n) is 16.5. The molecule has 2 aromatic heterocycles. The molecule has 1 aliphatic rings. The molecule has 7 heteroatoms. The van der Waals surface area contributed by atoms with Gasteiger partial charge >= 0.3 is 0 Å². The third-order valence-corrected chi connectivity index (χ3v) is 5.34. The van der Waals surface area contributed by atoms with Crippen LogP contribution >= 0.6 is 0 Å². The Kier molecular flexibility index (Phi) is 5.41. The van der Waals surface area contributed by atoms with E-state index >= 15 is 0 Å². The van der Waals surface area contributed by atoms with Crippen LogP contribution in [0.5, 0.6) is 0 Å². The first-order chi connectivity index (χ1) is 13.7. The highest BCUT2D eigenvalue weighted by Crippen LogP contribution is 2.26. The Morgan fingerprint density at radius 2 is 2.07 bits per heavy atom. The van der Waals surface area contributed by atoms with Gasteiger partial charge in [-0.05, 0) is 29.2 Å². The molecule has 1 fully saturated rings. The summed E-state index contributed by atoms with van der Waals surface area (Å²) in [6.45, 7) is 3.50. The van der Waals surface area contributed by atoms with Crippen molar-refractivity contribution in [3.63, 3.8) is 0 Å². The van der Waals surface area contributed by atoms with E-state index < -0.39 is 0 Å². The zero-order valence-corrected chi connectivity index (χ0v) is 16.5. The van der Waals surface area contributed by atoms with Crippen molar-refractivity contribution < 1.29 is 0 Å². The maximum absolute atomic E-state index is 4.52. The highest BCUT2D eigenvalue weighted by atomic mass is 15.3. The Morgan fingerprint density at radius 3 is 2.79 bits per heavy atom. The molecule has 146 valence electrons. The molecule has 0 saturated carbocycles. The lowest BCUT2D eigenvalue weighted by Gasteiger charge is -2.22. The van der Waals surface area contributed by atoms with Crippen molar-refractivity contribution in [3.8, 4) is 0 Å². The normalized spacial score (nSPS) is 17.3. The van der Waals surface area contributed by atoms with Crippen molar-refractivity contribution in [3.05, 3.63) is 71.8 Å². The molecule has 1 unspecified atom stereocenters. The van der Waals surface area contributed by atoms with Gasteiger partial charge in [0.2, 0.25) is 0 Å². The molecular formula is C21H27N7. The number of rotatable bonds is 5. The first-order valence-electron chi connectivity index (χ1n) is 9.71. The third-order valence-electron chi connectivity index (χ3n) is 5.34. The van der Waals surface area contributed by atoms with E-state index in [0.29, 0.717) is 5.92 Å². The molecular weight excluding hydrogens is 350 g/mol. The molecule has 3 heterocycles. The van der Waals surface area contributed by atoms with Crippen LogP contribution in [-0.2, 0) is 20.1 Å². The number of hydrogen-bond acceptors (Lipinski definition) is 3. The van der Waals surface area contributed by atoms with Crippen LogP contribution in [0, 0.1) is 0 Å². The number of guanidine groups is 1. The highest BCUT2D eigenvalue weighted by molar-refractivity contribution is 5.80. The van der Waals surface area contributed by atoms with Gasteiger partial charge in [0, 0.05) is 58.2 Å². The third kappa shape index (κ3) is 4.08. The number of likely N-dealkylation sites (tertiary alicyclic amines) is 1. The standard InChI is InChI=1S/C21H27N7/c1-22-21(27-11-8-19(15-27)20-13-25-26(2)14-20)23-12-17-6-3-4-7-18(17)16-28-10-5-9-24-28/h3-7,9-10,13-14,19H,8,11-12,15-16H2,1-2H3,(H,22,23). The molecule has 1 aromatic carbocycles. The van der Waals surface area contributed by atoms with Crippen LogP contribution in [-0.4, -0.2) is 50.6 Å². The van der Waals surface area contributed by atoms with E-state index in [-0.39, 0.29) is 0 Å². The van der Waals surface area contributed by atoms with Crippen LogP contribution in [0.3, 0.4) is 0 Å². The van der Waals surface area contributed by atoms with Crippen molar-refractivity contribution >= 4 is 5.96 Å². The summed E-state index contributed by atoms with van der Waals surface area (Å²) in [7, 11) is 3.83. The smallest absolute Gasteiger partial charge is 0.193 e. The van der Waals surface area contributed by atoms with E-state index in [1.807, 2.05) is 48.1 Å². The second kappa shape index (κ2) is 8.29. The van der Waals surface area contributed by atoms with Crippen LogP contribution in [0.1, 0.15) is 29.0 Å². The monoisotopic (exact) mass is 377 g/mol. The minimum Gasteiger partial charge on any atom is -0.352 e. The van der Waals surface area contributed by atoms with Crippen molar-refractivity contribution in [2.45, 2.75) is 25.4 Å². The number of benzene rings is 1. The predicted octanol–water partition coefficient (Wildman–Crippen LogP) is 2.23. The lowest BCUT2D eigenvalue weighted by atomic mass is 10.0. The summed E-state index contributed by atoms with van der Waals surface area (Å²) < 4.78 is 3.83.